The molecule has 0 bridgehead atoms. The summed E-state index contributed by atoms with van der Waals surface area (Å²) in [5, 5.41) is 6.87. The van der Waals surface area contributed by atoms with E-state index in [2.05, 4.69) is 21.4 Å². The number of hydrogen-bond donors (Lipinski definition) is 1. The van der Waals surface area contributed by atoms with E-state index in [9.17, 15) is 4.79 Å². The Morgan fingerprint density at radius 1 is 1.35 bits per heavy atom. The number of amides is 1. The van der Waals surface area contributed by atoms with Gasteiger partial charge in [-0.05, 0) is 45.6 Å². The smallest absolute Gasteiger partial charge is 0.234 e. The average Bonchev–Trinajstić information content (AvgIpc) is 2.78. The van der Waals surface area contributed by atoms with Crippen LogP contribution >= 0.6 is 11.8 Å². The Bertz CT molecular complexity index is 648. The fraction of sp³-hybridized carbons (Fsp3) is 0.412. The van der Waals surface area contributed by atoms with Gasteiger partial charge in [-0.3, -0.25) is 4.79 Å². The predicted octanol–water partition coefficient (Wildman–Crippen LogP) is 3.22. The summed E-state index contributed by atoms with van der Waals surface area (Å²) in [6.07, 6.45) is 0. The Hall–Kier alpha value is -1.79. The zero-order chi connectivity index (χ0) is 16.8. The van der Waals surface area contributed by atoms with Crippen LogP contribution in [-0.4, -0.2) is 35.8 Å². The molecule has 1 aromatic carbocycles. The van der Waals surface area contributed by atoms with Crippen LogP contribution < -0.4 is 5.32 Å². The lowest BCUT2D eigenvalue weighted by atomic mass is 10.2. The molecule has 5 nitrogen and oxygen atoms in total. The Kier molecular flexibility index (Phi) is 6.24. The summed E-state index contributed by atoms with van der Waals surface area (Å²) >= 11 is 1.56. The number of aryl methyl sites for hydroxylation is 2. The highest BCUT2D eigenvalue weighted by atomic mass is 32.2. The number of benzene rings is 1. The largest absolute Gasteiger partial charge is 0.361 e. The van der Waals surface area contributed by atoms with Crippen molar-refractivity contribution in [3.63, 3.8) is 0 Å². The van der Waals surface area contributed by atoms with E-state index >= 15 is 0 Å². The van der Waals surface area contributed by atoms with Crippen LogP contribution in [0, 0.1) is 13.8 Å². The molecule has 0 aliphatic carbocycles. The molecule has 23 heavy (non-hydrogen) atoms. The molecule has 2 rings (SSSR count). The maximum atomic E-state index is 12.1. The van der Waals surface area contributed by atoms with E-state index in [0.29, 0.717) is 5.75 Å². The van der Waals surface area contributed by atoms with Crippen molar-refractivity contribution in [3.8, 4) is 0 Å². The van der Waals surface area contributed by atoms with Crippen LogP contribution in [0.5, 0.6) is 0 Å². The topological polar surface area (TPSA) is 58.4 Å². The predicted molar refractivity (Wildman–Crippen MR) is 94.6 cm³/mol. The zero-order valence-corrected chi connectivity index (χ0v) is 14.9. The maximum absolute atomic E-state index is 12.1. The molecular formula is C17H23N3O2S. The molecule has 0 fully saturated rings. The van der Waals surface area contributed by atoms with E-state index in [0.717, 1.165) is 35.0 Å². The third kappa shape index (κ3) is 5.41. The number of rotatable bonds is 7. The Morgan fingerprint density at radius 2 is 2.13 bits per heavy atom. The number of nitrogens with one attached hydrogen (secondary N) is 1. The molecule has 0 atom stereocenters. The molecule has 0 saturated heterocycles. The summed E-state index contributed by atoms with van der Waals surface area (Å²) in [4.78, 5) is 14.2. The first-order valence-corrected chi connectivity index (χ1v) is 8.64. The number of carbonyl (C=O) groups is 1. The van der Waals surface area contributed by atoms with Crippen molar-refractivity contribution in [1.29, 1.82) is 0 Å². The van der Waals surface area contributed by atoms with Gasteiger partial charge in [-0.15, -0.1) is 11.8 Å². The number of aromatic nitrogens is 1. The van der Waals surface area contributed by atoms with Crippen molar-refractivity contribution in [3.05, 3.63) is 46.8 Å². The number of nitrogens with zero attached hydrogens (tertiary/aromatic N) is 2. The van der Waals surface area contributed by atoms with Crippen molar-refractivity contribution >= 4 is 23.4 Å². The van der Waals surface area contributed by atoms with Gasteiger partial charge < -0.3 is 14.7 Å². The minimum Gasteiger partial charge on any atom is -0.361 e. The third-order valence-corrected chi connectivity index (χ3v) is 4.33. The lowest BCUT2D eigenvalue weighted by Gasteiger charge is -2.11. The number of hydrogen-bond acceptors (Lipinski definition) is 5. The summed E-state index contributed by atoms with van der Waals surface area (Å²) in [5.74, 6) is 1.97. The molecule has 6 heteroatoms. The molecule has 0 saturated carbocycles. The van der Waals surface area contributed by atoms with E-state index in [1.165, 1.54) is 5.56 Å². The lowest BCUT2D eigenvalue weighted by Crippen LogP contribution is -2.15. The summed E-state index contributed by atoms with van der Waals surface area (Å²) < 4.78 is 5.13. The van der Waals surface area contributed by atoms with Gasteiger partial charge in [0.25, 0.3) is 0 Å². The zero-order valence-electron chi connectivity index (χ0n) is 14.0. The highest BCUT2D eigenvalue weighted by molar-refractivity contribution is 7.99. The Labute approximate surface area is 141 Å². The third-order valence-electron chi connectivity index (χ3n) is 3.37. The van der Waals surface area contributed by atoms with Crippen LogP contribution in [0.15, 0.2) is 28.8 Å². The summed E-state index contributed by atoms with van der Waals surface area (Å²) in [6.45, 7) is 4.67. The van der Waals surface area contributed by atoms with Gasteiger partial charge in [0, 0.05) is 23.5 Å². The van der Waals surface area contributed by atoms with Crippen LogP contribution in [0.4, 0.5) is 5.69 Å². The molecule has 0 aliphatic heterocycles. The molecule has 1 heterocycles. The quantitative estimate of drug-likeness (QED) is 0.843. The van der Waals surface area contributed by atoms with Crippen LogP contribution in [0.1, 0.15) is 22.6 Å². The number of anilines is 1. The second kappa shape index (κ2) is 8.17. The monoisotopic (exact) mass is 333 g/mol. The Morgan fingerprint density at radius 3 is 2.78 bits per heavy atom. The van der Waals surface area contributed by atoms with Gasteiger partial charge in [0.1, 0.15) is 5.76 Å². The van der Waals surface area contributed by atoms with Crippen molar-refractivity contribution in [2.24, 2.45) is 0 Å². The minimum absolute atomic E-state index is 0.00348. The molecule has 1 amide bonds. The van der Waals surface area contributed by atoms with Gasteiger partial charge >= 0.3 is 0 Å². The fourth-order valence-electron chi connectivity index (χ4n) is 2.26. The number of carbonyl (C=O) groups excluding carboxylic acids is 1. The molecule has 1 N–H and O–H groups in total. The van der Waals surface area contributed by atoms with Crippen LogP contribution in [0.25, 0.3) is 0 Å². The first-order chi connectivity index (χ1) is 11.0. The van der Waals surface area contributed by atoms with E-state index in [1.807, 2.05) is 46.1 Å². The second-order valence-corrected chi connectivity index (χ2v) is 6.77. The normalized spacial score (nSPS) is 11.0. The molecule has 0 radical (unpaired) electrons. The van der Waals surface area contributed by atoms with Gasteiger partial charge in [0.05, 0.1) is 11.4 Å². The highest BCUT2D eigenvalue weighted by Gasteiger charge is 2.10. The highest BCUT2D eigenvalue weighted by Crippen LogP contribution is 2.20. The second-order valence-electron chi connectivity index (χ2n) is 5.78. The van der Waals surface area contributed by atoms with Crippen molar-refractivity contribution in [2.45, 2.75) is 26.1 Å². The lowest BCUT2D eigenvalue weighted by molar-refractivity contribution is -0.113. The van der Waals surface area contributed by atoms with E-state index in [4.69, 9.17) is 4.52 Å². The van der Waals surface area contributed by atoms with Crippen LogP contribution in [0.3, 0.4) is 0 Å². The van der Waals surface area contributed by atoms with Crippen molar-refractivity contribution in [1.82, 2.24) is 10.1 Å². The summed E-state index contributed by atoms with van der Waals surface area (Å²) in [7, 11) is 4.05. The van der Waals surface area contributed by atoms with E-state index in [-0.39, 0.29) is 5.91 Å². The van der Waals surface area contributed by atoms with Crippen molar-refractivity contribution < 1.29 is 9.32 Å². The van der Waals surface area contributed by atoms with Crippen LogP contribution in [0.2, 0.25) is 0 Å². The molecule has 124 valence electrons. The summed E-state index contributed by atoms with van der Waals surface area (Å²) in [5.41, 5.74) is 3.99. The van der Waals surface area contributed by atoms with E-state index < -0.39 is 0 Å². The Balaban J connectivity index is 1.83. The molecule has 1 aromatic heterocycles. The first-order valence-electron chi connectivity index (χ1n) is 7.48. The molecule has 2 aromatic rings. The number of thioether (sulfide) groups is 1. The average molecular weight is 333 g/mol. The SMILES string of the molecule is Cc1noc(C)c1CSCC(=O)Nc1cccc(CN(C)C)c1. The fourth-order valence-corrected chi connectivity index (χ4v) is 3.24. The van der Waals surface area contributed by atoms with E-state index in [1.54, 1.807) is 11.8 Å². The van der Waals surface area contributed by atoms with Gasteiger partial charge in [0.2, 0.25) is 5.91 Å². The van der Waals surface area contributed by atoms with Gasteiger partial charge in [-0.2, -0.15) is 0 Å². The molecule has 0 spiro atoms. The maximum Gasteiger partial charge on any atom is 0.234 e. The molecular weight excluding hydrogens is 310 g/mol. The minimum atomic E-state index is 0.00348. The molecule has 0 aliphatic rings. The van der Waals surface area contributed by atoms with Gasteiger partial charge in [0.15, 0.2) is 0 Å². The first kappa shape index (κ1) is 17.6. The van der Waals surface area contributed by atoms with Crippen LogP contribution in [-0.2, 0) is 17.1 Å². The van der Waals surface area contributed by atoms with Crippen molar-refractivity contribution in [2.75, 3.05) is 25.2 Å². The standard InChI is InChI=1S/C17H23N3O2S/c1-12-16(13(2)22-19-12)10-23-11-17(21)18-15-7-5-6-14(8-15)9-20(3)4/h5-8H,9-11H2,1-4H3,(H,18,21). The summed E-state index contributed by atoms with van der Waals surface area (Å²) in [6, 6.07) is 7.94. The van der Waals surface area contributed by atoms with Gasteiger partial charge in [-0.25, -0.2) is 0 Å². The molecule has 0 unspecified atom stereocenters. The van der Waals surface area contributed by atoms with Gasteiger partial charge in [-0.1, -0.05) is 17.3 Å².